The van der Waals surface area contributed by atoms with Gasteiger partial charge in [-0.3, -0.25) is 9.36 Å². The lowest BCUT2D eigenvalue weighted by Gasteiger charge is -2.45. The summed E-state index contributed by atoms with van der Waals surface area (Å²) in [6, 6.07) is 19.8. The van der Waals surface area contributed by atoms with Crippen molar-refractivity contribution in [2.45, 2.75) is 58.3 Å². The van der Waals surface area contributed by atoms with Crippen LogP contribution in [0.4, 0.5) is 0 Å². The third-order valence-electron chi connectivity index (χ3n) is 5.44. The topological polar surface area (TPSA) is 82.1 Å². The molecule has 2 aromatic carbocycles. The fourth-order valence-corrected chi connectivity index (χ4v) is 11.0. The minimum atomic E-state index is -3.97. The Hall–Kier alpha value is -1.76. The summed E-state index contributed by atoms with van der Waals surface area (Å²) in [6.07, 6.45) is -0.928. The highest BCUT2D eigenvalue weighted by molar-refractivity contribution is 7.55. The highest BCUT2D eigenvalue weighted by Gasteiger charge is 2.55. The van der Waals surface area contributed by atoms with Crippen LogP contribution in [0.2, 0.25) is 5.04 Å². The van der Waals surface area contributed by atoms with Crippen molar-refractivity contribution >= 4 is 32.3 Å². The lowest BCUT2D eigenvalue weighted by Crippen LogP contribution is -2.68. The van der Waals surface area contributed by atoms with Crippen LogP contribution in [0.15, 0.2) is 60.7 Å². The molecule has 0 heterocycles. The van der Waals surface area contributed by atoms with Crippen molar-refractivity contribution < 1.29 is 27.9 Å². The largest absolute Gasteiger partial charge is 0.480 e. The quantitative estimate of drug-likeness (QED) is 0.373. The fraction of sp³-hybridized carbons (Fsp3) is 0.458. The van der Waals surface area contributed by atoms with Crippen molar-refractivity contribution in [3.63, 3.8) is 0 Å². The van der Waals surface area contributed by atoms with E-state index in [4.69, 9.17) is 13.5 Å². The summed E-state index contributed by atoms with van der Waals surface area (Å²) in [5.41, 5.74) is -1.45. The zero-order chi connectivity index (χ0) is 24.0. The van der Waals surface area contributed by atoms with E-state index in [-0.39, 0.29) is 18.3 Å². The Kier molecular flexibility index (Phi) is 9.03. The molecule has 2 rings (SSSR count). The molecule has 6 nitrogen and oxygen atoms in total. The Labute approximate surface area is 192 Å². The van der Waals surface area contributed by atoms with Crippen LogP contribution in [-0.2, 0) is 22.8 Å². The fourth-order valence-electron chi connectivity index (χ4n) is 4.19. The maximum absolute atomic E-state index is 13.5. The van der Waals surface area contributed by atoms with E-state index in [0.717, 1.165) is 10.4 Å². The maximum atomic E-state index is 13.5. The molecule has 0 saturated heterocycles. The van der Waals surface area contributed by atoms with Gasteiger partial charge in [0.15, 0.2) is 5.66 Å². The molecule has 0 aromatic heterocycles. The SMILES string of the molecule is CCOP(=O)(OCC)C(C(=O)O)C(C)O[Si](c1ccccc1)(c1ccccc1)C(C)(C)C. The van der Waals surface area contributed by atoms with Crippen LogP contribution < -0.4 is 10.4 Å². The van der Waals surface area contributed by atoms with Gasteiger partial charge in [-0.15, -0.1) is 0 Å². The first-order valence-corrected chi connectivity index (χ1v) is 14.5. The number of carboxylic acid groups (broad SMARTS) is 1. The smallest absolute Gasteiger partial charge is 0.347 e. The number of hydrogen-bond donors (Lipinski definition) is 1. The van der Waals surface area contributed by atoms with Gasteiger partial charge in [0.25, 0.3) is 8.32 Å². The summed E-state index contributed by atoms with van der Waals surface area (Å²) in [6.45, 7) is 11.4. The molecule has 8 heteroatoms. The molecule has 0 saturated carbocycles. The molecule has 32 heavy (non-hydrogen) atoms. The predicted octanol–water partition coefficient (Wildman–Crippen LogP) is 4.67. The van der Waals surface area contributed by atoms with Crippen molar-refractivity contribution in [2.75, 3.05) is 13.2 Å². The van der Waals surface area contributed by atoms with Gasteiger partial charge in [-0.1, -0.05) is 81.4 Å². The number of aliphatic carboxylic acids is 1. The normalized spacial score (nSPS) is 14.7. The summed E-state index contributed by atoms with van der Waals surface area (Å²) in [5.74, 6) is -1.26. The molecule has 1 N–H and O–H groups in total. The monoisotopic (exact) mass is 478 g/mol. The maximum Gasteiger partial charge on any atom is 0.347 e. The molecular weight excluding hydrogens is 443 g/mol. The van der Waals surface area contributed by atoms with Gasteiger partial charge >= 0.3 is 13.6 Å². The second-order valence-electron chi connectivity index (χ2n) is 8.64. The van der Waals surface area contributed by atoms with Crippen molar-refractivity contribution in [1.82, 2.24) is 0 Å². The number of carboxylic acids is 1. The van der Waals surface area contributed by atoms with E-state index in [1.54, 1.807) is 20.8 Å². The van der Waals surface area contributed by atoms with Crippen LogP contribution in [0.25, 0.3) is 0 Å². The number of carbonyl (C=O) groups is 1. The molecule has 0 aliphatic rings. The molecule has 0 amide bonds. The van der Waals surface area contributed by atoms with E-state index in [2.05, 4.69) is 20.8 Å². The van der Waals surface area contributed by atoms with Crippen molar-refractivity contribution in [2.24, 2.45) is 0 Å². The van der Waals surface area contributed by atoms with Gasteiger partial charge < -0.3 is 18.6 Å². The van der Waals surface area contributed by atoms with E-state index < -0.39 is 33.6 Å². The van der Waals surface area contributed by atoms with E-state index in [9.17, 15) is 14.5 Å². The third-order valence-corrected chi connectivity index (χ3v) is 13.1. The summed E-state index contributed by atoms with van der Waals surface area (Å²) < 4.78 is 31.2. The first-order chi connectivity index (χ1) is 15.0. The van der Waals surface area contributed by atoms with E-state index >= 15 is 0 Å². The van der Waals surface area contributed by atoms with Crippen LogP contribution in [0, 0.1) is 0 Å². The predicted molar refractivity (Wildman–Crippen MR) is 130 cm³/mol. The van der Waals surface area contributed by atoms with Gasteiger partial charge in [0.2, 0.25) is 0 Å². The molecule has 0 spiro atoms. The van der Waals surface area contributed by atoms with Crippen LogP contribution in [0.3, 0.4) is 0 Å². The second kappa shape index (κ2) is 10.9. The zero-order valence-corrected chi connectivity index (χ0v) is 21.7. The van der Waals surface area contributed by atoms with Crippen molar-refractivity contribution in [1.29, 1.82) is 0 Å². The standard InChI is InChI=1S/C24H35O6PSi/c1-7-28-31(27,29-8-2)22(23(25)26)19(3)30-32(24(4,5)6,20-15-11-9-12-16-20)21-17-13-10-14-18-21/h9-19,22H,7-8H2,1-6H3,(H,25,26). The molecule has 2 atom stereocenters. The van der Waals surface area contributed by atoms with Gasteiger partial charge in [0.1, 0.15) is 0 Å². The van der Waals surface area contributed by atoms with Gasteiger partial charge in [-0.05, 0) is 36.2 Å². The zero-order valence-electron chi connectivity index (χ0n) is 19.8. The van der Waals surface area contributed by atoms with Gasteiger partial charge in [-0.25, -0.2) is 0 Å². The average molecular weight is 479 g/mol. The molecule has 176 valence electrons. The number of rotatable bonds is 11. The van der Waals surface area contributed by atoms with E-state index in [1.807, 2.05) is 60.7 Å². The molecule has 0 radical (unpaired) electrons. The molecule has 0 aliphatic carbocycles. The van der Waals surface area contributed by atoms with Gasteiger partial charge in [-0.2, -0.15) is 0 Å². The number of hydrogen-bond acceptors (Lipinski definition) is 5. The molecular formula is C24H35O6PSi. The van der Waals surface area contributed by atoms with Gasteiger partial charge in [0, 0.05) is 0 Å². The second-order valence-corrected chi connectivity index (χ2v) is 15.0. The average Bonchev–Trinajstić information content (AvgIpc) is 2.72. The summed E-state index contributed by atoms with van der Waals surface area (Å²) in [5, 5.41) is 11.7. The minimum absolute atomic E-state index is 0.0764. The molecule has 2 unspecified atom stereocenters. The third kappa shape index (κ3) is 5.41. The molecule has 2 aromatic rings. The summed E-state index contributed by atoms with van der Waals surface area (Å²) in [4.78, 5) is 12.3. The van der Waals surface area contributed by atoms with Crippen molar-refractivity contribution in [3.05, 3.63) is 60.7 Å². The van der Waals surface area contributed by atoms with Crippen LogP contribution >= 0.6 is 7.60 Å². The Balaban J connectivity index is 2.70. The summed E-state index contributed by atoms with van der Waals surface area (Å²) >= 11 is 0. The van der Waals surface area contributed by atoms with Crippen molar-refractivity contribution in [3.8, 4) is 0 Å². The Morgan fingerprint density at radius 3 is 1.66 bits per heavy atom. The van der Waals surface area contributed by atoms with Crippen LogP contribution in [0.1, 0.15) is 41.5 Å². The summed E-state index contributed by atoms with van der Waals surface area (Å²) in [7, 11) is -7.01. The Bertz CT molecular complexity index is 864. The highest BCUT2D eigenvalue weighted by Crippen LogP contribution is 2.55. The van der Waals surface area contributed by atoms with Crippen LogP contribution in [0.5, 0.6) is 0 Å². The van der Waals surface area contributed by atoms with Crippen LogP contribution in [-0.4, -0.2) is 44.4 Å². The number of benzene rings is 2. The molecule has 0 bridgehead atoms. The first kappa shape index (κ1) is 26.5. The lowest BCUT2D eigenvalue weighted by molar-refractivity contribution is -0.138. The van der Waals surface area contributed by atoms with Gasteiger partial charge in [0.05, 0.1) is 19.3 Å². The van der Waals surface area contributed by atoms with E-state index in [1.165, 1.54) is 0 Å². The Morgan fingerprint density at radius 2 is 1.34 bits per heavy atom. The highest BCUT2D eigenvalue weighted by atomic mass is 31.2. The first-order valence-electron chi connectivity index (χ1n) is 10.9. The van der Waals surface area contributed by atoms with E-state index in [0.29, 0.717) is 0 Å². The lowest BCUT2D eigenvalue weighted by atomic mass is 10.2. The molecule has 0 fully saturated rings. The Morgan fingerprint density at radius 1 is 0.938 bits per heavy atom. The molecule has 0 aliphatic heterocycles. The minimum Gasteiger partial charge on any atom is -0.480 e.